The summed E-state index contributed by atoms with van der Waals surface area (Å²) < 4.78 is 0. The number of carboxylic acid groups (broad SMARTS) is 1. The van der Waals surface area contributed by atoms with Gasteiger partial charge in [-0.15, -0.1) is 0 Å². The van der Waals surface area contributed by atoms with Crippen LogP contribution < -0.4 is 5.32 Å². The average Bonchev–Trinajstić information content (AvgIpc) is 2.52. The number of hydrogen-bond donors (Lipinski definition) is 4. The molecule has 0 fully saturated rings. The summed E-state index contributed by atoms with van der Waals surface area (Å²) in [5.41, 5.74) is 0.893. The van der Waals surface area contributed by atoms with Crippen LogP contribution in [0.3, 0.4) is 0 Å². The van der Waals surface area contributed by atoms with Crippen molar-refractivity contribution in [2.24, 2.45) is 0 Å². The molecular formula is C17H25NO3S2Zn+2. The molecule has 0 aliphatic heterocycles. The molecule has 0 aliphatic rings. The molecule has 2 N–H and O–H groups in total. The van der Waals surface area contributed by atoms with E-state index in [4.69, 9.17) is 0 Å². The fourth-order valence-corrected chi connectivity index (χ4v) is 3.10. The number of benzene rings is 1. The van der Waals surface area contributed by atoms with Crippen LogP contribution in [0.15, 0.2) is 30.3 Å². The molecule has 0 saturated carbocycles. The van der Waals surface area contributed by atoms with Gasteiger partial charge < -0.3 is 10.4 Å². The molecule has 0 aromatic heterocycles. The van der Waals surface area contributed by atoms with Crippen molar-refractivity contribution in [1.82, 2.24) is 5.32 Å². The largest absolute Gasteiger partial charge is 2.00 e. The van der Waals surface area contributed by atoms with Crippen LogP contribution in [0.1, 0.15) is 37.7 Å². The van der Waals surface area contributed by atoms with E-state index in [9.17, 15) is 14.7 Å². The summed E-state index contributed by atoms with van der Waals surface area (Å²) in [6.07, 6.45) is 4.20. The fourth-order valence-electron chi connectivity index (χ4n) is 2.28. The molecule has 0 bridgehead atoms. The van der Waals surface area contributed by atoms with E-state index >= 15 is 0 Å². The van der Waals surface area contributed by atoms with Crippen molar-refractivity contribution in [2.75, 3.05) is 5.75 Å². The second-order valence-electron chi connectivity index (χ2n) is 5.56. The first-order chi connectivity index (χ1) is 11.0. The van der Waals surface area contributed by atoms with Gasteiger partial charge in [-0.25, -0.2) is 4.79 Å². The van der Waals surface area contributed by atoms with Crippen LogP contribution in [0.5, 0.6) is 0 Å². The molecule has 1 amide bonds. The summed E-state index contributed by atoms with van der Waals surface area (Å²) in [6.45, 7) is 0. The molecule has 24 heavy (non-hydrogen) atoms. The Kier molecular flexibility index (Phi) is 13.4. The van der Waals surface area contributed by atoms with Crippen LogP contribution in [-0.4, -0.2) is 34.0 Å². The molecule has 1 aromatic carbocycles. The summed E-state index contributed by atoms with van der Waals surface area (Å²) in [5, 5.41) is 12.2. The standard InChI is InChI=1S/C17H25NO3S2.Zn/c19-16(9-5-4-8-14(23)10-11-22)18-15(17(20)21)12-13-6-2-1-3-7-13;/h1-3,6-7,14-15,22-23H,4-5,8-12H2,(H,18,19)(H,20,21);/q;+2/t14?,15-;/m0./s1. The average molecular weight is 421 g/mol. The van der Waals surface area contributed by atoms with E-state index in [1.165, 1.54) is 0 Å². The number of rotatable bonds is 11. The number of carbonyl (C=O) groups is 2. The molecule has 0 radical (unpaired) electrons. The zero-order valence-corrected chi connectivity index (χ0v) is 18.6. The molecule has 1 rings (SSSR count). The number of unbranched alkanes of at least 4 members (excludes halogenated alkanes) is 1. The molecule has 2 atom stereocenters. The van der Waals surface area contributed by atoms with Gasteiger partial charge in [0.05, 0.1) is 0 Å². The molecule has 4 nitrogen and oxygen atoms in total. The first-order valence-electron chi connectivity index (χ1n) is 7.88. The van der Waals surface area contributed by atoms with Crippen molar-refractivity contribution in [3.63, 3.8) is 0 Å². The molecular weight excluding hydrogens is 396 g/mol. The molecule has 7 heteroatoms. The first kappa shape index (κ1) is 23.5. The van der Waals surface area contributed by atoms with Gasteiger partial charge in [-0.3, -0.25) is 4.79 Å². The number of thiol groups is 2. The zero-order chi connectivity index (χ0) is 17.1. The number of carbonyl (C=O) groups excluding carboxylic acids is 1. The maximum atomic E-state index is 11.9. The van der Waals surface area contributed by atoms with Crippen LogP contribution in [-0.2, 0) is 35.5 Å². The molecule has 0 spiro atoms. The van der Waals surface area contributed by atoms with Crippen molar-refractivity contribution in [1.29, 1.82) is 0 Å². The predicted molar refractivity (Wildman–Crippen MR) is 99.4 cm³/mol. The minimum atomic E-state index is -1.01. The van der Waals surface area contributed by atoms with Crippen molar-refractivity contribution in [3.05, 3.63) is 35.9 Å². The van der Waals surface area contributed by atoms with E-state index in [1.54, 1.807) is 0 Å². The molecule has 0 heterocycles. The summed E-state index contributed by atoms with van der Waals surface area (Å²) >= 11 is 8.61. The van der Waals surface area contributed by atoms with Gasteiger partial charge in [0, 0.05) is 18.1 Å². The summed E-state index contributed by atoms with van der Waals surface area (Å²) in [5.74, 6) is -0.404. The molecule has 0 saturated heterocycles. The minimum absolute atomic E-state index is 0. The number of hydrogen-bond acceptors (Lipinski definition) is 4. The van der Waals surface area contributed by atoms with E-state index in [0.717, 1.165) is 37.0 Å². The smallest absolute Gasteiger partial charge is 0.480 e. The molecule has 1 unspecified atom stereocenters. The van der Waals surface area contributed by atoms with Gasteiger partial charge in [0.1, 0.15) is 6.04 Å². The monoisotopic (exact) mass is 419 g/mol. The number of amides is 1. The third-order valence-electron chi connectivity index (χ3n) is 3.57. The summed E-state index contributed by atoms with van der Waals surface area (Å²) in [7, 11) is 0. The number of nitrogens with one attached hydrogen (secondary N) is 1. The molecule has 1 aromatic rings. The summed E-state index contributed by atoms with van der Waals surface area (Å²) in [6, 6.07) is 8.42. The van der Waals surface area contributed by atoms with Gasteiger partial charge in [-0.2, -0.15) is 25.3 Å². The van der Waals surface area contributed by atoms with Crippen molar-refractivity contribution >= 4 is 37.1 Å². The van der Waals surface area contributed by atoms with Gasteiger partial charge >= 0.3 is 25.4 Å². The maximum Gasteiger partial charge on any atom is 2.00 e. The Hall–Kier alpha value is -0.517. The van der Waals surface area contributed by atoms with Crippen LogP contribution in [0.4, 0.5) is 0 Å². The first-order valence-corrected chi connectivity index (χ1v) is 9.03. The normalized spacial score (nSPS) is 12.8. The van der Waals surface area contributed by atoms with Gasteiger partial charge in [0.25, 0.3) is 0 Å². The van der Waals surface area contributed by atoms with Crippen LogP contribution in [0.25, 0.3) is 0 Å². The van der Waals surface area contributed by atoms with Gasteiger partial charge in [0.15, 0.2) is 0 Å². The van der Waals surface area contributed by atoms with Crippen LogP contribution in [0, 0.1) is 0 Å². The Morgan fingerprint density at radius 2 is 1.79 bits per heavy atom. The third-order valence-corrected chi connectivity index (χ3v) is 4.34. The maximum absolute atomic E-state index is 11.9. The van der Waals surface area contributed by atoms with Crippen LogP contribution >= 0.6 is 25.3 Å². The van der Waals surface area contributed by atoms with Crippen molar-refractivity contribution in [2.45, 2.75) is 49.8 Å². The van der Waals surface area contributed by atoms with Crippen molar-refractivity contribution in [3.8, 4) is 0 Å². The van der Waals surface area contributed by atoms with Gasteiger partial charge in [-0.1, -0.05) is 36.8 Å². The minimum Gasteiger partial charge on any atom is -0.480 e. The Labute approximate surface area is 167 Å². The fraction of sp³-hybridized carbons (Fsp3) is 0.529. The van der Waals surface area contributed by atoms with E-state index in [2.05, 4.69) is 30.6 Å². The molecule has 0 aliphatic carbocycles. The van der Waals surface area contributed by atoms with Gasteiger partial charge in [0.2, 0.25) is 5.91 Å². The Bertz CT molecular complexity index is 488. The second kappa shape index (κ2) is 13.7. The summed E-state index contributed by atoms with van der Waals surface area (Å²) in [4.78, 5) is 23.2. The van der Waals surface area contributed by atoms with E-state index < -0.39 is 12.0 Å². The van der Waals surface area contributed by atoms with E-state index in [1.807, 2.05) is 30.3 Å². The SMILES string of the molecule is O=C(CCCCC(S)CCS)N[C@@H](Cc1ccccc1)C(=O)O.[Zn+2]. The second-order valence-corrected chi connectivity index (χ2v) is 6.74. The Morgan fingerprint density at radius 1 is 1.12 bits per heavy atom. The van der Waals surface area contributed by atoms with E-state index in [0.29, 0.717) is 18.1 Å². The van der Waals surface area contributed by atoms with E-state index in [-0.39, 0.29) is 25.4 Å². The topological polar surface area (TPSA) is 66.4 Å². The Balaban J connectivity index is 0.00000529. The zero-order valence-electron chi connectivity index (χ0n) is 13.9. The third kappa shape index (κ3) is 10.4. The number of aliphatic carboxylic acids is 1. The number of carboxylic acids is 1. The van der Waals surface area contributed by atoms with Crippen LogP contribution in [0.2, 0.25) is 0 Å². The quantitative estimate of drug-likeness (QED) is 0.253. The van der Waals surface area contributed by atoms with Crippen molar-refractivity contribution < 1.29 is 34.2 Å². The molecule has 128 valence electrons. The predicted octanol–water partition coefficient (Wildman–Crippen LogP) is 2.97. The Morgan fingerprint density at radius 3 is 2.38 bits per heavy atom. The van der Waals surface area contributed by atoms with Gasteiger partial charge in [-0.05, 0) is 30.6 Å².